The Morgan fingerprint density at radius 2 is 2.00 bits per heavy atom. The first-order valence-electron chi connectivity index (χ1n) is 5.50. The van der Waals surface area contributed by atoms with E-state index in [1.165, 1.54) is 26.3 Å². The van der Waals surface area contributed by atoms with Gasteiger partial charge in [-0.25, -0.2) is 4.98 Å². The van der Waals surface area contributed by atoms with Crippen molar-refractivity contribution in [2.75, 3.05) is 7.05 Å². The Bertz CT molecular complexity index is 484. The highest BCUT2D eigenvalue weighted by Gasteiger charge is 2.18. The van der Waals surface area contributed by atoms with E-state index in [-0.39, 0.29) is 6.04 Å². The molecule has 0 aliphatic carbocycles. The van der Waals surface area contributed by atoms with Crippen molar-refractivity contribution in [2.45, 2.75) is 33.2 Å². The molecule has 0 bridgehead atoms. The lowest BCUT2D eigenvalue weighted by atomic mass is 10.1. The molecule has 1 N–H and O–H groups in total. The van der Waals surface area contributed by atoms with E-state index in [1.807, 2.05) is 14.0 Å². The van der Waals surface area contributed by atoms with Gasteiger partial charge in [-0.1, -0.05) is 4.49 Å². The summed E-state index contributed by atoms with van der Waals surface area (Å²) in [4.78, 5) is 7.09. The number of likely N-dealkylation sites (N-methyl/N-ethyl adjacent to an activating group) is 1. The summed E-state index contributed by atoms with van der Waals surface area (Å²) in [6, 6.07) is 0.264. The molecular weight excluding hydrogens is 252 g/mol. The van der Waals surface area contributed by atoms with Gasteiger partial charge in [-0.05, 0) is 39.4 Å². The van der Waals surface area contributed by atoms with Crippen LogP contribution >= 0.6 is 22.9 Å². The minimum Gasteiger partial charge on any atom is -0.312 e. The Balaban J connectivity index is 2.18. The lowest BCUT2D eigenvalue weighted by Crippen LogP contribution is -2.18. The van der Waals surface area contributed by atoms with Gasteiger partial charge < -0.3 is 5.32 Å². The van der Waals surface area contributed by atoms with E-state index in [2.05, 4.69) is 33.7 Å². The van der Waals surface area contributed by atoms with E-state index in [0.717, 1.165) is 17.8 Å². The summed E-state index contributed by atoms with van der Waals surface area (Å²) in [6.07, 6.45) is 0.903. The molecule has 2 heterocycles. The van der Waals surface area contributed by atoms with E-state index in [9.17, 15) is 0 Å². The summed E-state index contributed by atoms with van der Waals surface area (Å²) in [6.45, 7) is 6.18. The van der Waals surface area contributed by atoms with E-state index >= 15 is 0 Å². The average Bonchev–Trinajstić information content (AvgIpc) is 2.83. The summed E-state index contributed by atoms with van der Waals surface area (Å²) < 4.78 is 3.99. The van der Waals surface area contributed by atoms with Gasteiger partial charge >= 0.3 is 0 Å². The summed E-state index contributed by atoms with van der Waals surface area (Å²) in [5.41, 5.74) is 2.15. The predicted octanol–water partition coefficient (Wildman–Crippen LogP) is 2.42. The first-order valence-corrected chi connectivity index (χ1v) is 7.09. The third kappa shape index (κ3) is 2.70. The molecule has 2 rings (SSSR count). The second-order valence-corrected chi connectivity index (χ2v) is 6.09. The van der Waals surface area contributed by atoms with Crippen molar-refractivity contribution in [3.63, 3.8) is 0 Å². The van der Waals surface area contributed by atoms with Crippen molar-refractivity contribution in [1.29, 1.82) is 0 Å². The van der Waals surface area contributed by atoms with Crippen LogP contribution in [0.2, 0.25) is 0 Å². The van der Waals surface area contributed by atoms with Crippen molar-refractivity contribution in [3.05, 3.63) is 26.1 Å². The maximum absolute atomic E-state index is 4.58. The number of nitrogens with one attached hydrogen (secondary N) is 1. The van der Waals surface area contributed by atoms with Gasteiger partial charge in [-0.3, -0.25) is 0 Å². The zero-order valence-electron chi connectivity index (χ0n) is 10.4. The minimum atomic E-state index is 0.264. The second kappa shape index (κ2) is 5.20. The molecule has 0 amide bonds. The summed E-state index contributed by atoms with van der Waals surface area (Å²) >= 11 is 3.24. The summed E-state index contributed by atoms with van der Waals surface area (Å²) in [5.74, 6) is 0. The van der Waals surface area contributed by atoms with Gasteiger partial charge in [0.15, 0.2) is 0 Å². The normalized spacial score (nSPS) is 12.9. The molecule has 17 heavy (non-hydrogen) atoms. The Morgan fingerprint density at radius 1 is 1.24 bits per heavy atom. The van der Waals surface area contributed by atoms with Gasteiger partial charge in [0, 0.05) is 11.3 Å². The number of nitrogens with zero attached hydrogens (tertiary/aromatic N) is 3. The van der Waals surface area contributed by atoms with Gasteiger partial charge in [0.1, 0.15) is 0 Å². The molecule has 0 fully saturated rings. The van der Waals surface area contributed by atoms with Gasteiger partial charge in [-0.15, -0.1) is 16.4 Å². The molecule has 4 nitrogen and oxygen atoms in total. The maximum atomic E-state index is 4.58. The maximum Gasteiger partial charge on any atom is 0.0950 e. The summed E-state index contributed by atoms with van der Waals surface area (Å²) in [7, 11) is 1.97. The zero-order chi connectivity index (χ0) is 12.4. The van der Waals surface area contributed by atoms with Crippen LogP contribution in [0.5, 0.6) is 0 Å². The van der Waals surface area contributed by atoms with E-state index in [0.29, 0.717) is 0 Å². The van der Waals surface area contributed by atoms with Gasteiger partial charge in [-0.2, -0.15) is 0 Å². The Hall–Kier alpha value is -0.850. The number of thiazole rings is 1. The summed E-state index contributed by atoms with van der Waals surface area (Å²) in [5, 5.41) is 8.55. The Kier molecular flexibility index (Phi) is 3.86. The smallest absolute Gasteiger partial charge is 0.0950 e. The van der Waals surface area contributed by atoms with Crippen molar-refractivity contribution in [2.24, 2.45) is 0 Å². The number of hydrogen-bond acceptors (Lipinski definition) is 6. The van der Waals surface area contributed by atoms with Crippen LogP contribution in [0.1, 0.15) is 32.2 Å². The Morgan fingerprint density at radius 3 is 2.47 bits per heavy atom. The predicted molar refractivity (Wildman–Crippen MR) is 71.7 cm³/mol. The molecule has 0 spiro atoms. The molecule has 0 saturated heterocycles. The fourth-order valence-electron chi connectivity index (χ4n) is 1.68. The van der Waals surface area contributed by atoms with E-state index in [1.54, 1.807) is 11.3 Å². The molecule has 1 unspecified atom stereocenters. The number of aromatic nitrogens is 3. The molecule has 0 aromatic carbocycles. The first kappa shape index (κ1) is 12.6. The fraction of sp³-hybridized carbons (Fsp3) is 0.545. The van der Waals surface area contributed by atoms with Crippen LogP contribution in [0.4, 0.5) is 0 Å². The van der Waals surface area contributed by atoms with Gasteiger partial charge in [0.25, 0.3) is 0 Å². The largest absolute Gasteiger partial charge is 0.312 e. The zero-order valence-corrected chi connectivity index (χ0v) is 12.1. The van der Waals surface area contributed by atoms with Crippen LogP contribution in [0.15, 0.2) is 0 Å². The molecule has 1 atom stereocenters. The lowest BCUT2D eigenvalue weighted by Gasteiger charge is -2.12. The topological polar surface area (TPSA) is 50.7 Å². The van der Waals surface area contributed by atoms with Gasteiger partial charge in [0.05, 0.1) is 27.3 Å². The fourth-order valence-corrected chi connectivity index (χ4v) is 3.42. The van der Waals surface area contributed by atoms with E-state index < -0.39 is 0 Å². The second-order valence-electron chi connectivity index (χ2n) is 4.02. The molecular formula is C11H16N4S2. The third-order valence-electron chi connectivity index (χ3n) is 2.80. The van der Waals surface area contributed by atoms with Crippen LogP contribution in [0.25, 0.3) is 0 Å². The van der Waals surface area contributed by atoms with Crippen LogP contribution in [-0.2, 0) is 6.42 Å². The van der Waals surface area contributed by atoms with Crippen molar-refractivity contribution >= 4 is 22.9 Å². The molecule has 0 saturated carbocycles. The minimum absolute atomic E-state index is 0.264. The first-order chi connectivity index (χ1) is 8.11. The molecule has 0 aliphatic rings. The average molecular weight is 268 g/mol. The van der Waals surface area contributed by atoms with Crippen LogP contribution < -0.4 is 5.32 Å². The van der Waals surface area contributed by atoms with Crippen molar-refractivity contribution in [3.8, 4) is 0 Å². The highest BCUT2D eigenvalue weighted by molar-refractivity contribution is 7.11. The monoisotopic (exact) mass is 268 g/mol. The van der Waals surface area contributed by atoms with Crippen molar-refractivity contribution in [1.82, 2.24) is 19.9 Å². The van der Waals surface area contributed by atoms with E-state index in [4.69, 9.17) is 0 Å². The molecule has 6 heteroatoms. The van der Waals surface area contributed by atoms with Crippen LogP contribution in [0.3, 0.4) is 0 Å². The number of aryl methyl sites for hydroxylation is 3. The molecule has 2 aromatic heterocycles. The van der Waals surface area contributed by atoms with Crippen LogP contribution in [-0.4, -0.2) is 21.6 Å². The highest BCUT2D eigenvalue weighted by Crippen LogP contribution is 2.26. The number of hydrogen-bond donors (Lipinski definition) is 1. The quantitative estimate of drug-likeness (QED) is 0.925. The van der Waals surface area contributed by atoms with Gasteiger partial charge in [0.2, 0.25) is 0 Å². The molecule has 2 aromatic rings. The SMILES string of the molecule is CNC(Cc1nc(C)c(C)s1)c1snnc1C. The third-order valence-corrected chi connectivity index (χ3v) is 4.84. The Labute approximate surface area is 109 Å². The standard InChI is InChI=1S/C11H16N4S2/c1-6-8(3)16-10(13-6)5-9(12-4)11-7(2)14-15-17-11/h9,12H,5H2,1-4H3. The lowest BCUT2D eigenvalue weighted by molar-refractivity contribution is 0.595. The molecule has 92 valence electrons. The van der Waals surface area contributed by atoms with Crippen LogP contribution in [0, 0.1) is 20.8 Å². The highest BCUT2D eigenvalue weighted by atomic mass is 32.1. The number of rotatable bonds is 4. The molecule has 0 aliphatic heterocycles. The van der Waals surface area contributed by atoms with Crippen molar-refractivity contribution < 1.29 is 0 Å². The molecule has 0 radical (unpaired) electrons.